The molecule has 0 saturated heterocycles. The van der Waals surface area contributed by atoms with Crippen molar-refractivity contribution in [3.63, 3.8) is 0 Å². The summed E-state index contributed by atoms with van der Waals surface area (Å²) in [6.45, 7) is 4.24. The van der Waals surface area contributed by atoms with Crippen LogP contribution in [0, 0.1) is 11.8 Å². The van der Waals surface area contributed by atoms with Crippen LogP contribution in [-0.4, -0.2) is 35.7 Å². The highest BCUT2D eigenvalue weighted by Crippen LogP contribution is 2.13. The molecule has 1 N–H and O–H groups in total. The number of aliphatic carboxylic acids is 1. The standard InChI is InChI=1S/C11H20O4S/c1-8(2)7-15-10(12)6-9(11(13)14)4-5-16-3/h8-9H,4-7H2,1-3H3,(H,13,14). The van der Waals surface area contributed by atoms with E-state index >= 15 is 0 Å². The second kappa shape index (κ2) is 8.44. The van der Waals surface area contributed by atoms with Gasteiger partial charge in [-0.25, -0.2) is 0 Å². The molecule has 0 amide bonds. The molecule has 0 radical (unpaired) electrons. The first-order valence-electron chi connectivity index (χ1n) is 5.34. The molecular formula is C11H20O4S. The Kier molecular flexibility index (Phi) is 8.07. The molecule has 0 saturated carbocycles. The lowest BCUT2D eigenvalue weighted by atomic mass is 10.0. The van der Waals surface area contributed by atoms with Crippen molar-refractivity contribution in [1.29, 1.82) is 0 Å². The van der Waals surface area contributed by atoms with Crippen LogP contribution in [0.25, 0.3) is 0 Å². The van der Waals surface area contributed by atoms with E-state index in [0.29, 0.717) is 13.0 Å². The van der Waals surface area contributed by atoms with Gasteiger partial charge in [0.15, 0.2) is 0 Å². The predicted octanol–water partition coefficient (Wildman–Crippen LogP) is 2.03. The third kappa shape index (κ3) is 7.56. The molecule has 0 aliphatic heterocycles. The summed E-state index contributed by atoms with van der Waals surface area (Å²) < 4.78 is 4.95. The second-order valence-electron chi connectivity index (χ2n) is 4.10. The van der Waals surface area contributed by atoms with E-state index in [4.69, 9.17) is 9.84 Å². The quantitative estimate of drug-likeness (QED) is 0.666. The van der Waals surface area contributed by atoms with Crippen molar-refractivity contribution in [2.24, 2.45) is 11.8 Å². The molecule has 0 aliphatic carbocycles. The summed E-state index contributed by atoms with van der Waals surface area (Å²) in [7, 11) is 0. The Balaban J connectivity index is 3.98. The first kappa shape index (κ1) is 15.3. The van der Waals surface area contributed by atoms with E-state index in [1.807, 2.05) is 20.1 Å². The van der Waals surface area contributed by atoms with E-state index in [2.05, 4.69) is 0 Å². The maximum Gasteiger partial charge on any atom is 0.307 e. The lowest BCUT2D eigenvalue weighted by molar-refractivity contribution is -0.152. The van der Waals surface area contributed by atoms with E-state index in [-0.39, 0.29) is 12.3 Å². The Morgan fingerprint density at radius 1 is 1.38 bits per heavy atom. The van der Waals surface area contributed by atoms with Crippen molar-refractivity contribution < 1.29 is 19.4 Å². The Hall–Kier alpha value is -0.710. The molecule has 1 unspecified atom stereocenters. The smallest absolute Gasteiger partial charge is 0.307 e. The summed E-state index contributed by atoms with van der Waals surface area (Å²) in [5.74, 6) is -0.933. The number of hydrogen-bond acceptors (Lipinski definition) is 4. The molecule has 0 spiro atoms. The average molecular weight is 248 g/mol. The Labute approximate surface area is 101 Å². The number of carbonyl (C=O) groups excluding carboxylic acids is 1. The maximum atomic E-state index is 11.3. The third-order valence-corrected chi connectivity index (χ3v) is 2.65. The van der Waals surface area contributed by atoms with E-state index in [1.54, 1.807) is 11.8 Å². The lowest BCUT2D eigenvalue weighted by Crippen LogP contribution is -2.21. The topological polar surface area (TPSA) is 63.6 Å². The normalized spacial score (nSPS) is 12.5. The van der Waals surface area contributed by atoms with E-state index in [0.717, 1.165) is 5.75 Å². The zero-order chi connectivity index (χ0) is 12.6. The van der Waals surface area contributed by atoms with Gasteiger partial charge in [0.1, 0.15) is 0 Å². The summed E-state index contributed by atoms with van der Waals surface area (Å²) in [5.41, 5.74) is 0. The highest BCUT2D eigenvalue weighted by Gasteiger charge is 2.21. The molecule has 0 rings (SSSR count). The van der Waals surface area contributed by atoms with Gasteiger partial charge in [-0.3, -0.25) is 9.59 Å². The summed E-state index contributed by atoms with van der Waals surface area (Å²) in [4.78, 5) is 22.2. The summed E-state index contributed by atoms with van der Waals surface area (Å²) in [5, 5.41) is 8.91. The van der Waals surface area contributed by atoms with Crippen molar-refractivity contribution in [3.8, 4) is 0 Å². The minimum absolute atomic E-state index is 0.0252. The van der Waals surface area contributed by atoms with Crippen LogP contribution in [0.4, 0.5) is 0 Å². The van der Waals surface area contributed by atoms with E-state index in [9.17, 15) is 9.59 Å². The van der Waals surface area contributed by atoms with Gasteiger partial charge in [-0.15, -0.1) is 0 Å². The lowest BCUT2D eigenvalue weighted by Gasteiger charge is -2.12. The molecule has 5 heteroatoms. The van der Waals surface area contributed by atoms with Gasteiger partial charge in [-0.2, -0.15) is 11.8 Å². The monoisotopic (exact) mass is 248 g/mol. The summed E-state index contributed by atoms with van der Waals surface area (Å²) >= 11 is 1.58. The molecule has 0 aromatic heterocycles. The first-order valence-corrected chi connectivity index (χ1v) is 6.74. The molecule has 0 aromatic carbocycles. The second-order valence-corrected chi connectivity index (χ2v) is 5.08. The predicted molar refractivity (Wildman–Crippen MR) is 64.5 cm³/mol. The number of thioether (sulfide) groups is 1. The molecule has 0 fully saturated rings. The van der Waals surface area contributed by atoms with Crippen molar-refractivity contribution in [3.05, 3.63) is 0 Å². The minimum atomic E-state index is -0.921. The number of carboxylic acids is 1. The van der Waals surface area contributed by atoms with Gasteiger partial charge in [-0.05, 0) is 24.3 Å². The highest BCUT2D eigenvalue weighted by atomic mass is 32.2. The van der Waals surface area contributed by atoms with Crippen LogP contribution in [0.5, 0.6) is 0 Å². The number of ether oxygens (including phenoxy) is 1. The number of esters is 1. The van der Waals surface area contributed by atoms with Crippen molar-refractivity contribution in [1.82, 2.24) is 0 Å². The number of carbonyl (C=O) groups is 2. The molecule has 0 aromatic rings. The van der Waals surface area contributed by atoms with Crippen molar-refractivity contribution in [2.75, 3.05) is 18.6 Å². The fraction of sp³-hybridized carbons (Fsp3) is 0.818. The van der Waals surface area contributed by atoms with Crippen molar-refractivity contribution >= 4 is 23.7 Å². The number of hydrogen-bond donors (Lipinski definition) is 1. The fourth-order valence-corrected chi connectivity index (χ4v) is 1.61. The van der Waals surface area contributed by atoms with Gasteiger partial charge >= 0.3 is 11.9 Å². The van der Waals surface area contributed by atoms with Crippen LogP contribution in [0.15, 0.2) is 0 Å². The molecule has 0 heterocycles. The Morgan fingerprint density at radius 3 is 2.44 bits per heavy atom. The number of carboxylic acid groups (broad SMARTS) is 1. The first-order chi connectivity index (χ1) is 7.47. The molecule has 0 aliphatic rings. The fourth-order valence-electron chi connectivity index (χ4n) is 1.09. The molecule has 94 valence electrons. The van der Waals surface area contributed by atoms with Crippen LogP contribution >= 0.6 is 11.8 Å². The van der Waals surface area contributed by atoms with Gasteiger partial charge in [0.2, 0.25) is 0 Å². The molecular weight excluding hydrogens is 228 g/mol. The summed E-state index contributed by atoms with van der Waals surface area (Å²) in [6.07, 6.45) is 2.39. The molecule has 1 atom stereocenters. The molecule has 0 bridgehead atoms. The SMILES string of the molecule is CSCCC(CC(=O)OCC(C)C)C(=O)O. The molecule has 4 nitrogen and oxygen atoms in total. The highest BCUT2D eigenvalue weighted by molar-refractivity contribution is 7.98. The van der Waals surface area contributed by atoms with Gasteiger partial charge < -0.3 is 9.84 Å². The van der Waals surface area contributed by atoms with Crippen LogP contribution in [0.3, 0.4) is 0 Å². The average Bonchev–Trinajstić information content (AvgIpc) is 2.20. The van der Waals surface area contributed by atoms with Crippen molar-refractivity contribution in [2.45, 2.75) is 26.7 Å². The largest absolute Gasteiger partial charge is 0.481 e. The summed E-state index contributed by atoms with van der Waals surface area (Å²) in [6, 6.07) is 0. The zero-order valence-corrected chi connectivity index (χ0v) is 10.9. The Morgan fingerprint density at radius 2 is 2.00 bits per heavy atom. The van der Waals surface area contributed by atoms with E-state index in [1.165, 1.54) is 0 Å². The third-order valence-electron chi connectivity index (χ3n) is 2.01. The molecule has 16 heavy (non-hydrogen) atoms. The maximum absolute atomic E-state index is 11.3. The van der Waals surface area contributed by atoms with Gasteiger partial charge in [0.25, 0.3) is 0 Å². The van der Waals surface area contributed by atoms with Gasteiger partial charge in [0.05, 0.1) is 18.9 Å². The van der Waals surface area contributed by atoms with Crippen LogP contribution in [0.1, 0.15) is 26.7 Å². The van der Waals surface area contributed by atoms with Crippen LogP contribution in [-0.2, 0) is 14.3 Å². The van der Waals surface area contributed by atoms with Gasteiger partial charge in [0, 0.05) is 0 Å². The van der Waals surface area contributed by atoms with Crippen LogP contribution < -0.4 is 0 Å². The minimum Gasteiger partial charge on any atom is -0.481 e. The Bertz CT molecular complexity index is 228. The van der Waals surface area contributed by atoms with E-state index < -0.39 is 17.9 Å². The van der Waals surface area contributed by atoms with Gasteiger partial charge in [-0.1, -0.05) is 13.8 Å². The number of rotatable bonds is 8. The zero-order valence-electron chi connectivity index (χ0n) is 10.1. The van der Waals surface area contributed by atoms with Crippen LogP contribution in [0.2, 0.25) is 0 Å².